The number of nitrogens with one attached hydrogen (secondary N) is 1. The minimum atomic E-state index is -0.0467. The topological polar surface area (TPSA) is 46.9 Å². The molecule has 0 saturated carbocycles. The molecule has 1 aromatic carbocycles. The van der Waals surface area contributed by atoms with E-state index in [1.807, 2.05) is 6.20 Å². The summed E-state index contributed by atoms with van der Waals surface area (Å²) < 4.78 is 2.07. The third-order valence-electron chi connectivity index (χ3n) is 3.82. The molecular weight excluding hydrogens is 294 g/mol. The van der Waals surface area contributed by atoms with Crippen molar-refractivity contribution in [1.29, 1.82) is 0 Å². The lowest BCUT2D eigenvalue weighted by Crippen LogP contribution is -2.30. The largest absolute Gasteiger partial charge is 0.355 e. The van der Waals surface area contributed by atoms with Gasteiger partial charge in [0.15, 0.2) is 5.16 Å². The van der Waals surface area contributed by atoms with Crippen molar-refractivity contribution in [3.05, 3.63) is 41.7 Å². The summed E-state index contributed by atoms with van der Waals surface area (Å²) in [4.78, 5) is 16.6. The number of hydrogen-bond donors (Lipinski definition) is 1. The van der Waals surface area contributed by atoms with Crippen molar-refractivity contribution in [1.82, 2.24) is 14.9 Å². The number of amides is 1. The van der Waals surface area contributed by atoms with Crippen LogP contribution < -0.4 is 5.32 Å². The number of nitrogens with zero attached hydrogens (tertiary/aromatic N) is 2. The van der Waals surface area contributed by atoms with Gasteiger partial charge in [-0.2, -0.15) is 0 Å². The first-order valence-electron chi connectivity index (χ1n) is 7.70. The fraction of sp³-hybridized carbons (Fsp3) is 0.412. The highest BCUT2D eigenvalue weighted by atomic mass is 32.2. The Bertz CT molecular complexity index is 660. The Morgan fingerprint density at radius 3 is 2.77 bits per heavy atom. The first-order valence-corrected chi connectivity index (χ1v) is 8.58. The van der Waals surface area contributed by atoms with Gasteiger partial charge in [-0.15, -0.1) is 0 Å². The minimum absolute atomic E-state index is 0.0467. The predicted molar refractivity (Wildman–Crippen MR) is 89.5 cm³/mol. The Labute approximate surface area is 135 Å². The molecule has 2 heterocycles. The van der Waals surface area contributed by atoms with E-state index in [1.54, 1.807) is 18.0 Å². The summed E-state index contributed by atoms with van der Waals surface area (Å²) in [5.74, 6) is 0.137. The van der Waals surface area contributed by atoms with Gasteiger partial charge >= 0.3 is 0 Å². The molecule has 2 aromatic rings. The SMILES string of the molecule is Cc1cc(C)cc(-n2ccnc2S[C@@H]2CCCCNC2=O)c1. The molecule has 1 amide bonds. The molecule has 1 N–H and O–H groups in total. The number of aromatic nitrogens is 2. The molecule has 116 valence electrons. The van der Waals surface area contributed by atoms with Crippen molar-refractivity contribution in [2.45, 2.75) is 43.5 Å². The molecule has 0 spiro atoms. The molecule has 1 fully saturated rings. The zero-order valence-electron chi connectivity index (χ0n) is 13.0. The van der Waals surface area contributed by atoms with Crippen LogP contribution in [0.3, 0.4) is 0 Å². The van der Waals surface area contributed by atoms with Crippen molar-refractivity contribution in [2.24, 2.45) is 0 Å². The average Bonchev–Trinajstić information content (AvgIpc) is 2.83. The zero-order chi connectivity index (χ0) is 15.5. The molecule has 1 aromatic heterocycles. The lowest BCUT2D eigenvalue weighted by atomic mass is 10.1. The molecule has 1 aliphatic heterocycles. The molecule has 0 unspecified atom stereocenters. The maximum absolute atomic E-state index is 12.1. The van der Waals surface area contributed by atoms with Crippen molar-refractivity contribution in [3.8, 4) is 5.69 Å². The summed E-state index contributed by atoms with van der Waals surface area (Å²) in [5, 5.41) is 3.82. The van der Waals surface area contributed by atoms with Gasteiger partial charge in [-0.05, 0) is 49.9 Å². The van der Waals surface area contributed by atoms with Gasteiger partial charge in [-0.25, -0.2) is 4.98 Å². The third kappa shape index (κ3) is 3.35. The van der Waals surface area contributed by atoms with E-state index < -0.39 is 0 Å². The summed E-state index contributed by atoms with van der Waals surface area (Å²) in [6.07, 6.45) is 6.82. The molecule has 22 heavy (non-hydrogen) atoms. The average molecular weight is 315 g/mol. The number of rotatable bonds is 3. The van der Waals surface area contributed by atoms with Crippen LogP contribution in [-0.4, -0.2) is 27.3 Å². The van der Waals surface area contributed by atoms with Crippen LogP contribution in [0.4, 0.5) is 0 Å². The van der Waals surface area contributed by atoms with Gasteiger partial charge in [-0.1, -0.05) is 24.2 Å². The first-order chi connectivity index (χ1) is 10.6. The molecular formula is C17H21N3OS. The monoisotopic (exact) mass is 315 g/mol. The maximum atomic E-state index is 12.1. The van der Waals surface area contributed by atoms with Crippen LogP contribution in [-0.2, 0) is 4.79 Å². The first kappa shape index (κ1) is 15.2. The fourth-order valence-electron chi connectivity index (χ4n) is 2.81. The van der Waals surface area contributed by atoms with Gasteiger partial charge in [-0.3, -0.25) is 9.36 Å². The standard InChI is InChI=1S/C17H21N3OS/c1-12-9-13(2)11-14(10-12)20-8-7-19-17(20)22-15-5-3-4-6-18-16(15)21/h7-11,15H,3-6H2,1-2H3,(H,18,21)/t15-/m1/s1. The number of hydrogen-bond acceptors (Lipinski definition) is 3. The summed E-state index contributed by atoms with van der Waals surface area (Å²) in [6.45, 7) is 4.99. The third-order valence-corrected chi connectivity index (χ3v) is 5.07. The summed E-state index contributed by atoms with van der Waals surface area (Å²) in [6, 6.07) is 6.45. The number of benzene rings is 1. The Balaban J connectivity index is 1.87. The van der Waals surface area contributed by atoms with E-state index in [2.05, 4.69) is 46.9 Å². The molecule has 0 aliphatic carbocycles. The minimum Gasteiger partial charge on any atom is -0.355 e. The van der Waals surface area contributed by atoms with E-state index in [4.69, 9.17) is 0 Å². The highest BCUT2D eigenvalue weighted by Gasteiger charge is 2.23. The van der Waals surface area contributed by atoms with E-state index in [9.17, 15) is 4.79 Å². The van der Waals surface area contributed by atoms with Gasteiger partial charge in [0.1, 0.15) is 0 Å². The number of carbonyl (C=O) groups is 1. The van der Waals surface area contributed by atoms with Crippen molar-refractivity contribution in [2.75, 3.05) is 6.54 Å². The second-order valence-electron chi connectivity index (χ2n) is 5.82. The Hall–Kier alpha value is -1.75. The highest BCUT2D eigenvalue weighted by molar-refractivity contribution is 8.00. The zero-order valence-corrected chi connectivity index (χ0v) is 13.8. The molecule has 5 heteroatoms. The number of aryl methyl sites for hydroxylation is 2. The number of carbonyl (C=O) groups excluding carboxylic acids is 1. The summed E-state index contributed by atoms with van der Waals surface area (Å²) >= 11 is 1.57. The van der Waals surface area contributed by atoms with Crippen LogP contribution in [0.1, 0.15) is 30.4 Å². The summed E-state index contributed by atoms with van der Waals surface area (Å²) in [7, 11) is 0. The maximum Gasteiger partial charge on any atom is 0.233 e. The van der Waals surface area contributed by atoms with Gasteiger partial charge in [0, 0.05) is 24.6 Å². The number of imidazole rings is 1. The molecule has 3 rings (SSSR count). The Kier molecular flexibility index (Phi) is 4.52. The molecule has 1 atom stereocenters. The molecule has 1 saturated heterocycles. The van der Waals surface area contributed by atoms with E-state index in [-0.39, 0.29) is 11.2 Å². The summed E-state index contributed by atoms with van der Waals surface area (Å²) in [5.41, 5.74) is 3.56. The van der Waals surface area contributed by atoms with Crippen LogP contribution in [0.5, 0.6) is 0 Å². The lowest BCUT2D eigenvalue weighted by Gasteiger charge is -2.14. The van der Waals surface area contributed by atoms with E-state index in [0.29, 0.717) is 0 Å². The van der Waals surface area contributed by atoms with Crippen LogP contribution in [0.2, 0.25) is 0 Å². The van der Waals surface area contributed by atoms with Crippen molar-refractivity contribution in [3.63, 3.8) is 0 Å². The lowest BCUT2D eigenvalue weighted by molar-refractivity contribution is -0.120. The Morgan fingerprint density at radius 2 is 2.00 bits per heavy atom. The molecule has 0 radical (unpaired) electrons. The van der Waals surface area contributed by atoms with Crippen LogP contribution in [0.15, 0.2) is 35.7 Å². The van der Waals surface area contributed by atoms with Crippen molar-refractivity contribution >= 4 is 17.7 Å². The van der Waals surface area contributed by atoms with E-state index in [0.717, 1.165) is 36.7 Å². The second kappa shape index (κ2) is 6.57. The molecule has 1 aliphatic rings. The number of thioether (sulfide) groups is 1. The highest BCUT2D eigenvalue weighted by Crippen LogP contribution is 2.29. The van der Waals surface area contributed by atoms with Gasteiger partial charge < -0.3 is 5.32 Å². The van der Waals surface area contributed by atoms with Gasteiger partial charge in [0.25, 0.3) is 0 Å². The fourth-order valence-corrected chi connectivity index (χ4v) is 3.95. The molecule has 0 bridgehead atoms. The smallest absolute Gasteiger partial charge is 0.233 e. The normalized spacial score (nSPS) is 18.8. The van der Waals surface area contributed by atoms with Gasteiger partial charge in [0.05, 0.1) is 5.25 Å². The Morgan fingerprint density at radius 1 is 1.23 bits per heavy atom. The van der Waals surface area contributed by atoms with Crippen molar-refractivity contribution < 1.29 is 4.79 Å². The molecule has 4 nitrogen and oxygen atoms in total. The van der Waals surface area contributed by atoms with E-state index >= 15 is 0 Å². The van der Waals surface area contributed by atoms with Crippen LogP contribution >= 0.6 is 11.8 Å². The predicted octanol–water partition coefficient (Wildman–Crippen LogP) is 3.25. The van der Waals surface area contributed by atoms with Gasteiger partial charge in [0.2, 0.25) is 5.91 Å². The quantitative estimate of drug-likeness (QED) is 0.946. The van der Waals surface area contributed by atoms with E-state index in [1.165, 1.54) is 11.1 Å². The van der Waals surface area contributed by atoms with Crippen LogP contribution in [0.25, 0.3) is 5.69 Å². The van der Waals surface area contributed by atoms with Crippen LogP contribution in [0, 0.1) is 13.8 Å². The second-order valence-corrected chi connectivity index (χ2v) is 6.99.